The van der Waals surface area contributed by atoms with Crippen LogP contribution >= 0.6 is 0 Å². The molecule has 5 atom stereocenters. The number of carbonyl (C=O) groups is 1. The lowest BCUT2D eigenvalue weighted by molar-refractivity contribution is -0.0625. The number of nitrogens with one attached hydrogen (secondary N) is 1. The number of halogens is 1. The molecule has 2 aromatic carbocycles. The zero-order valence-corrected chi connectivity index (χ0v) is 15.4. The molecule has 1 saturated heterocycles. The molecule has 2 amide bonds. The van der Waals surface area contributed by atoms with Gasteiger partial charge in [-0.25, -0.2) is 9.18 Å². The van der Waals surface area contributed by atoms with Gasteiger partial charge in [-0.3, -0.25) is 4.90 Å². The molecule has 29 heavy (non-hydrogen) atoms. The highest BCUT2D eigenvalue weighted by Gasteiger charge is 2.48. The van der Waals surface area contributed by atoms with E-state index in [9.17, 15) is 24.5 Å². The smallest absolute Gasteiger partial charge is 0.324 e. The summed E-state index contributed by atoms with van der Waals surface area (Å²) in [4.78, 5) is 14.2. The Kier molecular flexibility index (Phi) is 5.33. The Morgan fingerprint density at radius 1 is 1.03 bits per heavy atom. The minimum atomic E-state index is -1.42. The van der Waals surface area contributed by atoms with E-state index >= 15 is 0 Å². The fourth-order valence-corrected chi connectivity index (χ4v) is 3.63. The van der Waals surface area contributed by atoms with Gasteiger partial charge in [-0.2, -0.15) is 0 Å². The van der Waals surface area contributed by atoms with Crippen LogP contribution in [0.3, 0.4) is 0 Å². The average Bonchev–Trinajstić information content (AvgIpc) is 3.02. The third kappa shape index (κ3) is 3.63. The molecule has 0 bridgehead atoms. The summed E-state index contributed by atoms with van der Waals surface area (Å²) >= 11 is 0. The highest BCUT2D eigenvalue weighted by atomic mass is 19.1. The quantitative estimate of drug-likeness (QED) is 0.621. The third-order valence-electron chi connectivity index (χ3n) is 5.15. The second kappa shape index (κ2) is 7.92. The normalized spacial score (nSPS) is 29.5. The van der Waals surface area contributed by atoms with E-state index in [-0.39, 0.29) is 0 Å². The largest absolute Gasteiger partial charge is 0.394 e. The molecule has 4 rings (SSSR count). The molecule has 1 fully saturated rings. The van der Waals surface area contributed by atoms with Crippen molar-refractivity contribution in [3.8, 4) is 0 Å². The van der Waals surface area contributed by atoms with E-state index in [0.29, 0.717) is 11.3 Å². The lowest BCUT2D eigenvalue weighted by atomic mass is 9.99. The molecule has 2 heterocycles. The van der Waals surface area contributed by atoms with E-state index in [1.54, 1.807) is 6.08 Å². The van der Waals surface area contributed by atoms with Crippen LogP contribution in [-0.4, -0.2) is 57.4 Å². The van der Waals surface area contributed by atoms with E-state index < -0.39 is 49.0 Å². The number of rotatable bonds is 4. The minimum Gasteiger partial charge on any atom is -0.394 e. The number of aliphatic hydroxyl groups is 3. The van der Waals surface area contributed by atoms with Gasteiger partial charge in [-0.05, 0) is 41.5 Å². The molecule has 0 spiro atoms. The van der Waals surface area contributed by atoms with Crippen molar-refractivity contribution in [3.63, 3.8) is 0 Å². The molecular formula is C21H21FN2O5. The molecule has 0 radical (unpaired) electrons. The van der Waals surface area contributed by atoms with Crippen LogP contribution in [0.5, 0.6) is 0 Å². The fraction of sp³-hybridized carbons (Fsp3) is 0.286. The zero-order chi connectivity index (χ0) is 20.5. The van der Waals surface area contributed by atoms with E-state index in [1.807, 2.05) is 30.3 Å². The van der Waals surface area contributed by atoms with Gasteiger partial charge in [-0.15, -0.1) is 0 Å². The number of nitrogens with zero attached hydrogens (tertiary/aromatic N) is 1. The monoisotopic (exact) mass is 400 g/mol. The van der Waals surface area contributed by atoms with Crippen molar-refractivity contribution in [2.75, 3.05) is 6.61 Å². The Balaban J connectivity index is 1.77. The summed E-state index contributed by atoms with van der Waals surface area (Å²) in [6.45, 7) is -0.508. The van der Waals surface area contributed by atoms with E-state index in [1.165, 1.54) is 29.2 Å². The predicted octanol–water partition coefficient (Wildman–Crippen LogP) is 1.37. The highest BCUT2D eigenvalue weighted by Crippen LogP contribution is 2.35. The van der Waals surface area contributed by atoms with Crippen LogP contribution in [0, 0.1) is 5.82 Å². The summed E-state index contributed by atoms with van der Waals surface area (Å²) in [5.74, 6) is -0.423. The van der Waals surface area contributed by atoms with Crippen molar-refractivity contribution >= 4 is 11.7 Å². The summed E-state index contributed by atoms with van der Waals surface area (Å²) in [5, 5.41) is 32.7. The SMILES string of the molecule is O=C1NC(c2ccccc2)C=C(c2ccc(F)cc2)N1C1OC(CO)C(O)C1O. The molecule has 0 saturated carbocycles. The number of carbonyl (C=O) groups excluding carboxylic acids is 1. The fourth-order valence-electron chi connectivity index (χ4n) is 3.63. The standard InChI is InChI=1S/C21H21FN2O5/c22-14-8-6-13(7-9-14)16-10-15(12-4-2-1-3-5-12)23-21(28)24(16)20-19(27)18(26)17(11-25)29-20/h1-10,15,17-20,25-27H,11H2,(H,23,28). The first kappa shape index (κ1) is 19.5. The summed E-state index contributed by atoms with van der Waals surface area (Å²) in [6, 6.07) is 13.9. The molecule has 0 aliphatic carbocycles. The summed E-state index contributed by atoms with van der Waals surface area (Å²) in [7, 11) is 0. The van der Waals surface area contributed by atoms with Crippen LogP contribution in [0.4, 0.5) is 9.18 Å². The molecule has 5 unspecified atom stereocenters. The summed E-state index contributed by atoms with van der Waals surface area (Å²) in [5.41, 5.74) is 1.79. The highest BCUT2D eigenvalue weighted by molar-refractivity contribution is 5.89. The molecule has 2 aliphatic rings. The number of ether oxygens (including phenoxy) is 1. The van der Waals surface area contributed by atoms with Gasteiger partial charge in [0, 0.05) is 0 Å². The summed E-state index contributed by atoms with van der Waals surface area (Å²) < 4.78 is 19.0. The van der Waals surface area contributed by atoms with Crippen molar-refractivity contribution in [1.82, 2.24) is 10.2 Å². The number of benzene rings is 2. The molecule has 152 valence electrons. The number of hydrogen-bond acceptors (Lipinski definition) is 5. The van der Waals surface area contributed by atoms with Crippen LogP contribution in [-0.2, 0) is 4.74 Å². The van der Waals surface area contributed by atoms with Gasteiger partial charge in [-0.1, -0.05) is 30.3 Å². The number of hydrogen-bond donors (Lipinski definition) is 4. The van der Waals surface area contributed by atoms with Crippen LogP contribution in [0.15, 0.2) is 60.7 Å². The van der Waals surface area contributed by atoms with Crippen molar-refractivity contribution in [2.24, 2.45) is 0 Å². The topological polar surface area (TPSA) is 102 Å². The van der Waals surface area contributed by atoms with Crippen molar-refractivity contribution in [1.29, 1.82) is 0 Å². The lowest BCUT2D eigenvalue weighted by Gasteiger charge is -2.37. The number of urea groups is 1. The molecule has 2 aliphatic heterocycles. The first-order valence-corrected chi connectivity index (χ1v) is 9.24. The summed E-state index contributed by atoms with van der Waals surface area (Å²) in [6.07, 6.45) is -3.23. The van der Waals surface area contributed by atoms with Crippen LogP contribution < -0.4 is 5.32 Å². The molecule has 2 aromatic rings. The van der Waals surface area contributed by atoms with Gasteiger partial charge in [0.1, 0.15) is 24.1 Å². The second-order valence-electron chi connectivity index (χ2n) is 7.00. The number of aliphatic hydroxyl groups excluding tert-OH is 3. The van der Waals surface area contributed by atoms with Gasteiger partial charge in [0.15, 0.2) is 6.23 Å². The zero-order valence-electron chi connectivity index (χ0n) is 15.4. The van der Waals surface area contributed by atoms with E-state index in [4.69, 9.17) is 4.74 Å². The average molecular weight is 400 g/mol. The predicted molar refractivity (Wildman–Crippen MR) is 102 cm³/mol. The molecule has 7 nitrogen and oxygen atoms in total. The first-order chi connectivity index (χ1) is 14.0. The molecular weight excluding hydrogens is 379 g/mol. The van der Waals surface area contributed by atoms with E-state index in [2.05, 4.69) is 5.32 Å². The van der Waals surface area contributed by atoms with Gasteiger partial charge >= 0.3 is 6.03 Å². The lowest BCUT2D eigenvalue weighted by Crippen LogP contribution is -2.53. The maximum Gasteiger partial charge on any atom is 0.324 e. The Bertz CT molecular complexity index is 905. The Morgan fingerprint density at radius 3 is 2.34 bits per heavy atom. The van der Waals surface area contributed by atoms with Gasteiger partial charge in [0.2, 0.25) is 0 Å². The maximum absolute atomic E-state index is 13.4. The number of amides is 2. The van der Waals surface area contributed by atoms with Crippen molar-refractivity contribution < 1.29 is 29.2 Å². The Labute approximate surface area is 166 Å². The third-order valence-corrected chi connectivity index (χ3v) is 5.15. The van der Waals surface area contributed by atoms with Crippen molar-refractivity contribution in [2.45, 2.75) is 30.6 Å². The van der Waals surface area contributed by atoms with E-state index in [0.717, 1.165) is 5.56 Å². The van der Waals surface area contributed by atoms with Gasteiger partial charge in [0.25, 0.3) is 0 Å². The van der Waals surface area contributed by atoms with Crippen LogP contribution in [0.1, 0.15) is 17.2 Å². The molecule has 0 aromatic heterocycles. The second-order valence-corrected chi connectivity index (χ2v) is 7.00. The minimum absolute atomic E-state index is 0.400. The van der Waals surface area contributed by atoms with Crippen LogP contribution in [0.25, 0.3) is 5.70 Å². The van der Waals surface area contributed by atoms with Crippen LogP contribution in [0.2, 0.25) is 0 Å². The van der Waals surface area contributed by atoms with Gasteiger partial charge in [0.05, 0.1) is 18.3 Å². The maximum atomic E-state index is 13.4. The molecule has 8 heteroatoms. The first-order valence-electron chi connectivity index (χ1n) is 9.24. The Hall–Kier alpha value is -2.78. The van der Waals surface area contributed by atoms with Gasteiger partial charge < -0.3 is 25.4 Å². The molecule has 4 N–H and O–H groups in total. The Morgan fingerprint density at radius 2 is 1.72 bits per heavy atom. The van der Waals surface area contributed by atoms with Crippen molar-refractivity contribution in [3.05, 3.63) is 77.6 Å².